The highest BCUT2D eigenvalue weighted by Gasteiger charge is 2.21. The van der Waals surface area contributed by atoms with Crippen LogP contribution < -0.4 is 10.6 Å². The summed E-state index contributed by atoms with van der Waals surface area (Å²) in [5.41, 5.74) is 9.35. The van der Waals surface area contributed by atoms with Crippen molar-refractivity contribution in [3.8, 4) is 0 Å². The molecule has 0 aliphatic carbocycles. The first kappa shape index (κ1) is 12.3. The van der Waals surface area contributed by atoms with Gasteiger partial charge < -0.3 is 10.6 Å². The third-order valence-electron chi connectivity index (χ3n) is 4.11. The van der Waals surface area contributed by atoms with Crippen LogP contribution in [-0.4, -0.2) is 13.1 Å². The molecule has 2 nitrogen and oxygen atoms in total. The van der Waals surface area contributed by atoms with E-state index in [1.807, 2.05) is 0 Å². The number of benzene rings is 1. The summed E-state index contributed by atoms with van der Waals surface area (Å²) >= 11 is 0. The number of anilines is 2. The van der Waals surface area contributed by atoms with Crippen LogP contribution in [-0.2, 0) is 0 Å². The second kappa shape index (κ2) is 4.99. The molecule has 1 saturated heterocycles. The molecule has 0 atom stereocenters. The zero-order valence-electron chi connectivity index (χ0n) is 11.2. The fraction of sp³-hybridized carbons (Fsp3) is 0.600. The van der Waals surface area contributed by atoms with Crippen molar-refractivity contribution in [2.75, 3.05) is 23.7 Å². The number of rotatable bonds is 2. The minimum absolute atomic E-state index is 0.820. The van der Waals surface area contributed by atoms with E-state index in [2.05, 4.69) is 43.9 Å². The highest BCUT2D eigenvalue weighted by Crippen LogP contribution is 2.29. The number of aryl methyl sites for hydroxylation is 1. The van der Waals surface area contributed by atoms with Gasteiger partial charge in [0.2, 0.25) is 0 Å². The van der Waals surface area contributed by atoms with Gasteiger partial charge in [-0.3, -0.25) is 0 Å². The lowest BCUT2D eigenvalue weighted by molar-refractivity contribution is 0.311. The second-order valence-corrected chi connectivity index (χ2v) is 5.61. The van der Waals surface area contributed by atoms with E-state index in [-0.39, 0.29) is 0 Å². The molecule has 0 bridgehead atoms. The summed E-state index contributed by atoms with van der Waals surface area (Å²) < 4.78 is 0. The van der Waals surface area contributed by atoms with Gasteiger partial charge in [0.05, 0.1) is 0 Å². The Labute approximate surface area is 105 Å². The Morgan fingerprint density at radius 3 is 2.41 bits per heavy atom. The van der Waals surface area contributed by atoms with Crippen molar-refractivity contribution in [2.24, 2.45) is 11.8 Å². The van der Waals surface area contributed by atoms with Gasteiger partial charge in [-0.1, -0.05) is 19.9 Å². The first-order chi connectivity index (χ1) is 8.08. The number of nitrogens with zero attached hydrogens (tertiary/aromatic N) is 1. The average Bonchev–Trinajstić information content (AvgIpc) is 2.33. The molecule has 0 unspecified atom stereocenters. The first-order valence-corrected chi connectivity index (χ1v) is 6.69. The Hall–Kier alpha value is -1.18. The Balaban J connectivity index is 2.03. The number of piperidine rings is 1. The molecule has 1 heterocycles. The molecule has 17 heavy (non-hydrogen) atoms. The maximum Gasteiger partial charge on any atom is 0.0387 e. The molecule has 2 rings (SSSR count). The molecule has 0 radical (unpaired) electrons. The van der Waals surface area contributed by atoms with Crippen molar-refractivity contribution in [1.82, 2.24) is 0 Å². The van der Waals surface area contributed by atoms with Gasteiger partial charge in [-0.05, 0) is 49.3 Å². The van der Waals surface area contributed by atoms with Gasteiger partial charge in [0.15, 0.2) is 0 Å². The van der Waals surface area contributed by atoms with Gasteiger partial charge in [0.25, 0.3) is 0 Å². The van der Waals surface area contributed by atoms with E-state index >= 15 is 0 Å². The fourth-order valence-electron chi connectivity index (χ4n) is 2.65. The lowest BCUT2D eigenvalue weighted by atomic mass is 9.86. The lowest BCUT2D eigenvalue weighted by Crippen LogP contribution is -2.35. The molecule has 0 aromatic heterocycles. The van der Waals surface area contributed by atoms with E-state index in [0.29, 0.717) is 0 Å². The zero-order chi connectivity index (χ0) is 12.4. The van der Waals surface area contributed by atoms with E-state index in [4.69, 9.17) is 5.73 Å². The summed E-state index contributed by atoms with van der Waals surface area (Å²) in [5.74, 6) is 1.72. The van der Waals surface area contributed by atoms with Crippen molar-refractivity contribution >= 4 is 11.4 Å². The van der Waals surface area contributed by atoms with E-state index in [0.717, 1.165) is 17.5 Å². The molecule has 0 amide bonds. The molecule has 0 spiro atoms. The first-order valence-electron chi connectivity index (χ1n) is 6.69. The molecule has 2 N–H and O–H groups in total. The SMILES string of the molecule is Cc1ccc(N2CCC(C(C)C)CC2)cc1N. The van der Waals surface area contributed by atoms with Crippen LogP contribution in [0.4, 0.5) is 11.4 Å². The molecule has 1 aromatic carbocycles. The summed E-state index contributed by atoms with van der Waals surface area (Å²) in [4.78, 5) is 2.47. The van der Waals surface area contributed by atoms with Gasteiger partial charge in [-0.25, -0.2) is 0 Å². The summed E-state index contributed by atoms with van der Waals surface area (Å²) in [6.07, 6.45) is 2.62. The Kier molecular flexibility index (Phi) is 3.60. The van der Waals surface area contributed by atoms with Crippen LogP contribution in [0.1, 0.15) is 32.3 Å². The highest BCUT2D eigenvalue weighted by molar-refractivity contribution is 5.59. The topological polar surface area (TPSA) is 29.3 Å². The number of nitrogens with two attached hydrogens (primary N) is 1. The van der Waals surface area contributed by atoms with Gasteiger partial charge >= 0.3 is 0 Å². The fourth-order valence-corrected chi connectivity index (χ4v) is 2.65. The van der Waals surface area contributed by atoms with Crippen molar-refractivity contribution in [3.05, 3.63) is 23.8 Å². The van der Waals surface area contributed by atoms with Crippen LogP contribution in [0.25, 0.3) is 0 Å². The third-order valence-corrected chi connectivity index (χ3v) is 4.11. The average molecular weight is 232 g/mol. The molecule has 1 aliphatic rings. The highest BCUT2D eigenvalue weighted by atomic mass is 15.1. The van der Waals surface area contributed by atoms with Crippen LogP contribution in [0.3, 0.4) is 0 Å². The maximum absolute atomic E-state index is 5.98. The number of hydrogen-bond donors (Lipinski definition) is 1. The molecule has 0 saturated carbocycles. The summed E-state index contributed by atoms with van der Waals surface area (Å²) in [5, 5.41) is 0. The maximum atomic E-state index is 5.98. The van der Waals surface area contributed by atoms with E-state index in [9.17, 15) is 0 Å². The standard InChI is InChI=1S/C15H24N2/c1-11(2)13-6-8-17(9-7-13)14-5-4-12(3)15(16)10-14/h4-5,10-11,13H,6-9,16H2,1-3H3. The van der Waals surface area contributed by atoms with Gasteiger partial charge in [-0.2, -0.15) is 0 Å². The molecular formula is C15H24N2. The van der Waals surface area contributed by atoms with Crippen molar-refractivity contribution in [3.63, 3.8) is 0 Å². The van der Waals surface area contributed by atoms with E-state index in [1.54, 1.807) is 0 Å². The summed E-state index contributed by atoms with van der Waals surface area (Å²) in [7, 11) is 0. The number of nitrogen functional groups attached to an aromatic ring is 1. The van der Waals surface area contributed by atoms with E-state index in [1.165, 1.54) is 37.2 Å². The quantitative estimate of drug-likeness (QED) is 0.791. The molecular weight excluding hydrogens is 208 g/mol. The van der Waals surface area contributed by atoms with Crippen LogP contribution in [0.15, 0.2) is 18.2 Å². The molecule has 1 fully saturated rings. The van der Waals surface area contributed by atoms with Gasteiger partial charge in [0.1, 0.15) is 0 Å². The van der Waals surface area contributed by atoms with Crippen LogP contribution >= 0.6 is 0 Å². The lowest BCUT2D eigenvalue weighted by Gasteiger charge is -2.35. The second-order valence-electron chi connectivity index (χ2n) is 5.61. The largest absolute Gasteiger partial charge is 0.398 e. The molecule has 2 heteroatoms. The van der Waals surface area contributed by atoms with E-state index < -0.39 is 0 Å². The monoisotopic (exact) mass is 232 g/mol. The Morgan fingerprint density at radius 2 is 1.88 bits per heavy atom. The van der Waals surface area contributed by atoms with Crippen molar-refractivity contribution < 1.29 is 0 Å². The summed E-state index contributed by atoms with van der Waals surface area (Å²) in [6.45, 7) is 9.08. The molecule has 1 aromatic rings. The molecule has 94 valence electrons. The Morgan fingerprint density at radius 1 is 1.24 bits per heavy atom. The third kappa shape index (κ3) is 2.74. The van der Waals surface area contributed by atoms with Crippen LogP contribution in [0, 0.1) is 18.8 Å². The minimum atomic E-state index is 0.820. The van der Waals surface area contributed by atoms with Gasteiger partial charge in [0, 0.05) is 24.5 Å². The van der Waals surface area contributed by atoms with Crippen LogP contribution in [0.2, 0.25) is 0 Å². The van der Waals surface area contributed by atoms with Crippen molar-refractivity contribution in [2.45, 2.75) is 33.6 Å². The van der Waals surface area contributed by atoms with Crippen LogP contribution in [0.5, 0.6) is 0 Å². The smallest absolute Gasteiger partial charge is 0.0387 e. The molecule has 1 aliphatic heterocycles. The van der Waals surface area contributed by atoms with Crippen molar-refractivity contribution in [1.29, 1.82) is 0 Å². The predicted molar refractivity (Wildman–Crippen MR) is 75.4 cm³/mol. The normalized spacial score (nSPS) is 17.8. The predicted octanol–water partition coefficient (Wildman–Crippen LogP) is 3.45. The minimum Gasteiger partial charge on any atom is -0.398 e. The number of hydrogen-bond acceptors (Lipinski definition) is 2. The summed E-state index contributed by atoms with van der Waals surface area (Å²) in [6, 6.07) is 6.44. The van der Waals surface area contributed by atoms with Gasteiger partial charge in [-0.15, -0.1) is 0 Å². The zero-order valence-corrected chi connectivity index (χ0v) is 11.2. The Bertz CT molecular complexity index is 377.